The number of fused-ring (bicyclic) bond motifs is 1. The predicted octanol–water partition coefficient (Wildman–Crippen LogP) is 4.41. The summed E-state index contributed by atoms with van der Waals surface area (Å²) >= 11 is 5.92. The number of nitro groups is 1. The maximum absolute atomic E-state index is 13.2. The van der Waals surface area contributed by atoms with Gasteiger partial charge >= 0.3 is 0 Å². The van der Waals surface area contributed by atoms with Crippen LogP contribution >= 0.6 is 11.6 Å². The third kappa shape index (κ3) is 3.09. The number of nitrogens with zero attached hydrogens (tertiary/aromatic N) is 3. The van der Waals surface area contributed by atoms with Crippen molar-refractivity contribution in [2.24, 2.45) is 0 Å². The lowest BCUT2D eigenvalue weighted by Crippen LogP contribution is -2.43. The summed E-state index contributed by atoms with van der Waals surface area (Å²) in [5, 5.41) is 14.9. The predicted molar refractivity (Wildman–Crippen MR) is 102 cm³/mol. The maximum atomic E-state index is 13.2. The second-order valence-corrected chi connectivity index (χ2v) is 6.39. The molecule has 1 aromatic heterocycles. The molecule has 0 aliphatic carbocycles. The fraction of sp³-hybridized carbons (Fsp3) is 0.0526. The van der Waals surface area contributed by atoms with Crippen LogP contribution < -0.4 is 10.2 Å². The van der Waals surface area contributed by atoms with Crippen LogP contribution in [-0.2, 0) is 0 Å². The van der Waals surface area contributed by atoms with Crippen LogP contribution in [0.3, 0.4) is 0 Å². The van der Waals surface area contributed by atoms with E-state index in [0.717, 1.165) is 0 Å². The number of hydrogen-bond acceptors (Lipinski definition) is 5. The van der Waals surface area contributed by atoms with Crippen molar-refractivity contribution in [1.82, 2.24) is 4.98 Å². The molecule has 2 heterocycles. The molecule has 0 spiro atoms. The molecule has 8 heteroatoms. The Bertz CT molecular complexity index is 1040. The van der Waals surface area contributed by atoms with Crippen LogP contribution in [0.5, 0.6) is 0 Å². The molecule has 1 aliphatic rings. The van der Waals surface area contributed by atoms with Crippen molar-refractivity contribution in [1.29, 1.82) is 0 Å². The molecule has 4 rings (SSSR count). The van der Waals surface area contributed by atoms with Gasteiger partial charge in [0.05, 0.1) is 15.5 Å². The van der Waals surface area contributed by atoms with E-state index in [9.17, 15) is 14.9 Å². The van der Waals surface area contributed by atoms with Crippen LogP contribution in [0.25, 0.3) is 0 Å². The number of para-hydroxylation sites is 1. The first kappa shape index (κ1) is 17.0. The van der Waals surface area contributed by atoms with E-state index in [2.05, 4.69) is 10.3 Å². The van der Waals surface area contributed by atoms with Gasteiger partial charge in [-0.2, -0.15) is 0 Å². The van der Waals surface area contributed by atoms with Crippen LogP contribution in [0.4, 0.5) is 17.2 Å². The van der Waals surface area contributed by atoms with Gasteiger partial charge in [-0.3, -0.25) is 19.8 Å². The number of amides is 1. The zero-order valence-electron chi connectivity index (χ0n) is 13.9. The molecule has 1 aliphatic heterocycles. The first-order chi connectivity index (χ1) is 13.0. The number of anilines is 2. The van der Waals surface area contributed by atoms with E-state index in [1.165, 1.54) is 23.2 Å². The third-order valence-corrected chi connectivity index (χ3v) is 4.51. The number of aromatic nitrogens is 1. The number of non-ortho nitro benzene ring substituents is 1. The van der Waals surface area contributed by atoms with Gasteiger partial charge in [0.2, 0.25) is 0 Å². The minimum Gasteiger partial charge on any atom is -0.360 e. The number of carbonyl (C=O) groups excluding carboxylic acids is 1. The van der Waals surface area contributed by atoms with Crippen molar-refractivity contribution in [2.75, 3.05) is 10.2 Å². The lowest BCUT2D eigenvalue weighted by molar-refractivity contribution is -0.384. The highest BCUT2D eigenvalue weighted by Crippen LogP contribution is 2.36. The summed E-state index contributed by atoms with van der Waals surface area (Å²) in [6, 6.07) is 16.6. The lowest BCUT2D eigenvalue weighted by Gasteiger charge is -2.37. The lowest BCUT2D eigenvalue weighted by atomic mass is 10.0. The molecule has 0 fully saturated rings. The average molecular weight is 381 g/mol. The summed E-state index contributed by atoms with van der Waals surface area (Å²) in [5.41, 5.74) is 1.67. The highest BCUT2D eigenvalue weighted by Gasteiger charge is 2.35. The van der Waals surface area contributed by atoms with Gasteiger partial charge in [0.25, 0.3) is 11.6 Å². The van der Waals surface area contributed by atoms with E-state index in [1.54, 1.807) is 42.5 Å². The molecule has 0 radical (unpaired) electrons. The Morgan fingerprint density at radius 2 is 1.93 bits per heavy atom. The van der Waals surface area contributed by atoms with E-state index in [1.807, 2.05) is 6.07 Å². The number of nitrogens with one attached hydrogen (secondary N) is 1. The molecule has 3 aromatic rings. The van der Waals surface area contributed by atoms with Gasteiger partial charge in [0, 0.05) is 29.6 Å². The molecular weight excluding hydrogens is 368 g/mol. The fourth-order valence-corrected chi connectivity index (χ4v) is 3.15. The number of rotatable bonds is 3. The molecular formula is C19H13ClN4O3. The zero-order valence-corrected chi connectivity index (χ0v) is 14.6. The van der Waals surface area contributed by atoms with Crippen molar-refractivity contribution >= 4 is 34.7 Å². The summed E-state index contributed by atoms with van der Waals surface area (Å²) in [7, 11) is 0. The Morgan fingerprint density at radius 3 is 2.67 bits per heavy atom. The number of pyridine rings is 1. The van der Waals surface area contributed by atoms with Crippen molar-refractivity contribution < 1.29 is 9.72 Å². The Kier molecular flexibility index (Phi) is 4.21. The van der Waals surface area contributed by atoms with Gasteiger partial charge in [-0.05, 0) is 24.3 Å². The minimum atomic E-state index is -0.652. The Hall–Kier alpha value is -3.45. The Balaban J connectivity index is 1.86. The van der Waals surface area contributed by atoms with Gasteiger partial charge in [-0.1, -0.05) is 35.9 Å². The van der Waals surface area contributed by atoms with Crippen LogP contribution in [0.1, 0.15) is 22.1 Å². The van der Waals surface area contributed by atoms with Gasteiger partial charge in [-0.15, -0.1) is 0 Å². The molecule has 1 atom stereocenters. The van der Waals surface area contributed by atoms with E-state index >= 15 is 0 Å². The standard InChI is InChI=1S/C19H13ClN4O3/c20-13-8-9-17(21-11-13)23-18(12-4-3-5-14(10-12)24(26)27)22-16-7-2-1-6-15(16)19(23)25/h1-11,18,22H/t18-/m0/s1. The van der Waals surface area contributed by atoms with Crippen LogP contribution in [0.15, 0.2) is 66.9 Å². The number of halogens is 1. The van der Waals surface area contributed by atoms with Crippen molar-refractivity contribution in [3.63, 3.8) is 0 Å². The van der Waals surface area contributed by atoms with E-state index < -0.39 is 11.1 Å². The first-order valence-electron chi connectivity index (χ1n) is 8.09. The van der Waals surface area contributed by atoms with Crippen molar-refractivity contribution in [3.05, 3.63) is 93.1 Å². The molecule has 2 aromatic carbocycles. The number of carbonyl (C=O) groups is 1. The second kappa shape index (κ2) is 6.69. The Morgan fingerprint density at radius 1 is 1.11 bits per heavy atom. The number of benzene rings is 2. The monoisotopic (exact) mass is 380 g/mol. The fourth-order valence-electron chi connectivity index (χ4n) is 3.04. The molecule has 27 heavy (non-hydrogen) atoms. The topological polar surface area (TPSA) is 88.4 Å². The first-order valence-corrected chi connectivity index (χ1v) is 8.47. The molecule has 0 saturated carbocycles. The van der Waals surface area contributed by atoms with Crippen molar-refractivity contribution in [3.8, 4) is 0 Å². The van der Waals surface area contributed by atoms with Crippen molar-refractivity contribution in [2.45, 2.75) is 6.17 Å². The molecule has 1 N–H and O–H groups in total. The quantitative estimate of drug-likeness (QED) is 0.537. The molecule has 134 valence electrons. The largest absolute Gasteiger partial charge is 0.360 e. The van der Waals surface area contributed by atoms with Gasteiger partial charge in [-0.25, -0.2) is 4.98 Å². The van der Waals surface area contributed by atoms with E-state index in [4.69, 9.17) is 11.6 Å². The molecule has 7 nitrogen and oxygen atoms in total. The SMILES string of the molecule is O=C1c2ccccc2N[C@H](c2cccc([N+](=O)[O-])c2)N1c1ccc(Cl)cn1. The second-order valence-electron chi connectivity index (χ2n) is 5.95. The number of hydrogen-bond donors (Lipinski definition) is 1. The summed E-state index contributed by atoms with van der Waals surface area (Å²) in [6.07, 6.45) is 0.802. The average Bonchev–Trinajstić information content (AvgIpc) is 2.69. The zero-order chi connectivity index (χ0) is 19.0. The summed E-state index contributed by atoms with van der Waals surface area (Å²) < 4.78 is 0. The van der Waals surface area contributed by atoms with E-state index in [0.29, 0.717) is 27.7 Å². The van der Waals surface area contributed by atoms with Crippen LogP contribution in [0, 0.1) is 10.1 Å². The Labute approximate surface area is 159 Å². The summed E-state index contributed by atoms with van der Waals surface area (Å²) in [6.45, 7) is 0. The molecule has 0 unspecified atom stereocenters. The van der Waals surface area contributed by atoms with Crippen LogP contribution in [-0.4, -0.2) is 15.8 Å². The van der Waals surface area contributed by atoms with Gasteiger partial charge in [0.15, 0.2) is 0 Å². The molecule has 0 saturated heterocycles. The third-order valence-electron chi connectivity index (χ3n) is 4.28. The van der Waals surface area contributed by atoms with Gasteiger partial charge in [0.1, 0.15) is 12.0 Å². The molecule has 1 amide bonds. The highest BCUT2D eigenvalue weighted by molar-refractivity contribution is 6.30. The maximum Gasteiger partial charge on any atom is 0.269 e. The number of nitro benzene ring substituents is 1. The minimum absolute atomic E-state index is 0.0513. The van der Waals surface area contributed by atoms with E-state index in [-0.39, 0.29) is 11.6 Å². The highest BCUT2D eigenvalue weighted by atomic mass is 35.5. The van der Waals surface area contributed by atoms with Crippen LogP contribution in [0.2, 0.25) is 5.02 Å². The summed E-state index contributed by atoms with van der Waals surface area (Å²) in [5.74, 6) is 0.138. The van der Waals surface area contributed by atoms with Gasteiger partial charge < -0.3 is 5.32 Å². The smallest absolute Gasteiger partial charge is 0.269 e. The normalized spacial score (nSPS) is 15.8. The molecule has 0 bridgehead atoms. The summed E-state index contributed by atoms with van der Waals surface area (Å²) in [4.78, 5) is 29.6.